The average Bonchev–Trinajstić information content (AvgIpc) is 3.64. The van der Waals surface area contributed by atoms with E-state index in [-0.39, 0.29) is 29.9 Å². The number of carbonyl (C=O) groups is 2. The number of methoxy groups -OCH3 is 2. The summed E-state index contributed by atoms with van der Waals surface area (Å²) in [5, 5.41) is 11.2. The molecule has 0 bridgehead atoms. The molecule has 41 heavy (non-hydrogen) atoms. The first-order chi connectivity index (χ1) is 19.9. The Kier molecular flexibility index (Phi) is 9.85. The summed E-state index contributed by atoms with van der Waals surface area (Å²) in [5.41, 5.74) is 1.99. The van der Waals surface area contributed by atoms with Crippen LogP contribution in [0, 0.1) is 5.92 Å². The summed E-state index contributed by atoms with van der Waals surface area (Å²) in [6, 6.07) is 7.84. The van der Waals surface area contributed by atoms with Crippen LogP contribution in [0.15, 0.2) is 24.3 Å². The van der Waals surface area contributed by atoms with Crippen molar-refractivity contribution in [1.29, 1.82) is 0 Å². The highest BCUT2D eigenvalue weighted by atomic mass is 16.5. The first kappa shape index (κ1) is 29.4. The Morgan fingerprint density at radius 3 is 2.29 bits per heavy atom. The molecule has 1 aromatic heterocycles. The molecular weight excluding hydrogens is 518 g/mol. The Balaban J connectivity index is 1.36. The van der Waals surface area contributed by atoms with Crippen LogP contribution in [0.1, 0.15) is 93.6 Å². The number of piperidine rings is 1. The number of likely N-dealkylation sites (tertiary alicyclic amines) is 1. The quantitative estimate of drug-likeness (QED) is 0.378. The molecule has 5 rings (SSSR count). The average molecular weight is 566 g/mol. The van der Waals surface area contributed by atoms with Crippen LogP contribution in [0.25, 0.3) is 11.3 Å². The summed E-state index contributed by atoms with van der Waals surface area (Å²) in [4.78, 5) is 29.0. The van der Waals surface area contributed by atoms with Crippen LogP contribution in [0.5, 0.6) is 11.5 Å². The van der Waals surface area contributed by atoms with Gasteiger partial charge < -0.3 is 25.0 Å². The molecule has 9 nitrogen and oxygen atoms in total. The number of carbonyl (C=O) groups excluding carboxylic acids is 2. The Morgan fingerprint density at radius 1 is 1.00 bits per heavy atom. The molecule has 0 radical (unpaired) electrons. The first-order valence-corrected chi connectivity index (χ1v) is 15.5. The highest BCUT2D eigenvalue weighted by molar-refractivity contribution is 5.94. The van der Waals surface area contributed by atoms with E-state index in [4.69, 9.17) is 14.6 Å². The minimum Gasteiger partial charge on any atom is -0.496 e. The minimum atomic E-state index is -0.235. The van der Waals surface area contributed by atoms with Gasteiger partial charge in [0.1, 0.15) is 11.5 Å². The number of hydrogen-bond acceptors (Lipinski definition) is 6. The van der Waals surface area contributed by atoms with Crippen molar-refractivity contribution >= 4 is 11.8 Å². The molecule has 9 heteroatoms. The molecule has 2 heterocycles. The van der Waals surface area contributed by atoms with Crippen molar-refractivity contribution in [3.8, 4) is 22.8 Å². The Hall–Kier alpha value is -3.07. The van der Waals surface area contributed by atoms with Crippen LogP contribution < -0.4 is 20.1 Å². The SMILES string of the molecule is COc1cccc(OC)c1-c1cc(C(=O)NC(CCC2CCN(C)CC2)CC(=O)NC2CCC2)nn1C1CCCC1. The molecule has 2 aliphatic carbocycles. The molecule has 3 aliphatic rings. The highest BCUT2D eigenvalue weighted by Crippen LogP contribution is 2.41. The van der Waals surface area contributed by atoms with Crippen molar-refractivity contribution in [3.63, 3.8) is 0 Å². The van der Waals surface area contributed by atoms with Gasteiger partial charge in [-0.05, 0) is 102 Å². The van der Waals surface area contributed by atoms with Gasteiger partial charge in [0, 0.05) is 18.5 Å². The van der Waals surface area contributed by atoms with Gasteiger partial charge in [0.2, 0.25) is 5.91 Å². The number of ether oxygens (including phenoxy) is 2. The Morgan fingerprint density at radius 2 is 1.68 bits per heavy atom. The van der Waals surface area contributed by atoms with Gasteiger partial charge in [-0.3, -0.25) is 14.3 Å². The normalized spacial score (nSPS) is 19.5. The molecule has 2 saturated carbocycles. The van der Waals surface area contributed by atoms with E-state index in [0.29, 0.717) is 29.5 Å². The van der Waals surface area contributed by atoms with E-state index < -0.39 is 0 Å². The highest BCUT2D eigenvalue weighted by Gasteiger charge is 2.29. The molecule has 224 valence electrons. The van der Waals surface area contributed by atoms with E-state index in [9.17, 15) is 9.59 Å². The molecule has 1 saturated heterocycles. The molecule has 1 aliphatic heterocycles. The maximum Gasteiger partial charge on any atom is 0.272 e. The number of aromatic nitrogens is 2. The predicted octanol–water partition coefficient (Wildman–Crippen LogP) is 4.96. The van der Waals surface area contributed by atoms with Gasteiger partial charge in [-0.15, -0.1) is 0 Å². The maximum absolute atomic E-state index is 13.8. The van der Waals surface area contributed by atoms with E-state index in [1.165, 1.54) is 19.3 Å². The predicted molar refractivity (Wildman–Crippen MR) is 159 cm³/mol. The van der Waals surface area contributed by atoms with Gasteiger partial charge >= 0.3 is 0 Å². The number of nitrogens with zero attached hydrogens (tertiary/aromatic N) is 3. The third kappa shape index (κ3) is 7.23. The van der Waals surface area contributed by atoms with Crippen molar-refractivity contribution in [2.75, 3.05) is 34.4 Å². The molecule has 1 unspecified atom stereocenters. The summed E-state index contributed by atoms with van der Waals surface area (Å²) in [6.07, 6.45) is 12.0. The van der Waals surface area contributed by atoms with E-state index >= 15 is 0 Å². The molecule has 2 amide bonds. The monoisotopic (exact) mass is 565 g/mol. The van der Waals surface area contributed by atoms with E-state index in [1.54, 1.807) is 14.2 Å². The zero-order chi connectivity index (χ0) is 28.8. The number of benzene rings is 1. The molecule has 1 aromatic carbocycles. The third-order valence-corrected chi connectivity index (χ3v) is 9.32. The summed E-state index contributed by atoms with van der Waals surface area (Å²) >= 11 is 0. The van der Waals surface area contributed by atoms with Gasteiger partial charge in [0.15, 0.2) is 5.69 Å². The molecular formula is C32H47N5O4. The van der Waals surface area contributed by atoms with Crippen molar-refractivity contribution in [2.45, 2.75) is 95.2 Å². The molecule has 1 atom stereocenters. The lowest BCUT2D eigenvalue weighted by molar-refractivity contribution is -0.122. The van der Waals surface area contributed by atoms with Gasteiger partial charge in [0.25, 0.3) is 5.91 Å². The van der Waals surface area contributed by atoms with Gasteiger partial charge in [-0.25, -0.2) is 0 Å². The van der Waals surface area contributed by atoms with Crippen molar-refractivity contribution in [3.05, 3.63) is 30.0 Å². The molecule has 0 spiro atoms. The Labute approximate surface area is 244 Å². The van der Waals surface area contributed by atoms with Crippen LogP contribution in [0.4, 0.5) is 0 Å². The smallest absolute Gasteiger partial charge is 0.272 e. The second kappa shape index (κ2) is 13.7. The van der Waals surface area contributed by atoms with Crippen molar-refractivity contribution in [2.24, 2.45) is 5.92 Å². The lowest BCUT2D eigenvalue weighted by atomic mass is 9.89. The summed E-state index contributed by atoms with van der Waals surface area (Å²) < 4.78 is 13.4. The topological polar surface area (TPSA) is 97.7 Å². The summed E-state index contributed by atoms with van der Waals surface area (Å²) in [6.45, 7) is 2.22. The second-order valence-corrected chi connectivity index (χ2v) is 12.2. The van der Waals surface area contributed by atoms with Gasteiger partial charge in [0.05, 0.1) is 31.5 Å². The van der Waals surface area contributed by atoms with Crippen LogP contribution in [0.2, 0.25) is 0 Å². The number of nitrogens with one attached hydrogen (secondary N) is 2. The maximum atomic E-state index is 13.8. The van der Waals surface area contributed by atoms with Gasteiger partial charge in [-0.2, -0.15) is 5.10 Å². The zero-order valence-corrected chi connectivity index (χ0v) is 25.0. The Bertz CT molecular complexity index is 1160. The molecule has 2 N–H and O–H groups in total. The van der Waals surface area contributed by atoms with Gasteiger partial charge in [-0.1, -0.05) is 18.9 Å². The summed E-state index contributed by atoms with van der Waals surface area (Å²) in [7, 11) is 5.46. The number of hydrogen-bond donors (Lipinski definition) is 2. The lowest BCUT2D eigenvalue weighted by Gasteiger charge is -2.30. The van der Waals surface area contributed by atoms with Crippen LogP contribution in [-0.2, 0) is 4.79 Å². The van der Waals surface area contributed by atoms with E-state index in [0.717, 1.165) is 75.7 Å². The van der Waals surface area contributed by atoms with Crippen LogP contribution in [0.3, 0.4) is 0 Å². The minimum absolute atomic E-state index is 0.0271. The fourth-order valence-electron chi connectivity index (χ4n) is 6.56. The van der Waals surface area contributed by atoms with Crippen LogP contribution in [-0.4, -0.2) is 72.9 Å². The number of amides is 2. The van der Waals surface area contributed by atoms with E-state index in [2.05, 4.69) is 22.6 Å². The third-order valence-electron chi connectivity index (χ3n) is 9.32. The fraction of sp³-hybridized carbons (Fsp3) is 0.656. The fourth-order valence-corrected chi connectivity index (χ4v) is 6.56. The lowest BCUT2D eigenvalue weighted by Crippen LogP contribution is -2.44. The molecule has 2 aromatic rings. The first-order valence-electron chi connectivity index (χ1n) is 15.5. The molecule has 3 fully saturated rings. The van der Waals surface area contributed by atoms with Crippen molar-refractivity contribution < 1.29 is 19.1 Å². The number of rotatable bonds is 12. The standard InChI is InChI=1S/C32H47N5O4/c1-36-18-16-22(17-19-36)14-15-24(20-30(38)33-23-8-6-9-23)34-32(39)26-21-27(37(35-26)25-10-4-5-11-25)31-28(40-2)12-7-13-29(31)41-3/h7,12-13,21-25H,4-6,8-11,14-20H2,1-3H3,(H,33,38)(H,34,39). The van der Waals surface area contributed by atoms with Crippen LogP contribution >= 0.6 is 0 Å². The second-order valence-electron chi connectivity index (χ2n) is 12.2. The zero-order valence-electron chi connectivity index (χ0n) is 25.0. The van der Waals surface area contributed by atoms with Crippen molar-refractivity contribution in [1.82, 2.24) is 25.3 Å². The largest absolute Gasteiger partial charge is 0.496 e. The van der Waals surface area contributed by atoms with E-state index in [1.807, 2.05) is 28.9 Å². The summed E-state index contributed by atoms with van der Waals surface area (Å²) in [5.74, 6) is 1.78.